The van der Waals surface area contributed by atoms with Crippen LogP contribution < -0.4 is 10.1 Å². The first-order chi connectivity index (χ1) is 12.9. The Labute approximate surface area is 161 Å². The Hall–Kier alpha value is -2.37. The molecule has 2 rings (SSSR count). The molecule has 0 radical (unpaired) electrons. The third kappa shape index (κ3) is 6.38. The Morgan fingerprint density at radius 3 is 2.30 bits per heavy atom. The van der Waals surface area contributed by atoms with Crippen LogP contribution >= 0.6 is 0 Å². The number of carbonyl (C=O) groups excluding carboxylic acids is 3. The number of carbonyl (C=O) groups is 3. The van der Waals surface area contributed by atoms with Crippen LogP contribution in [0.5, 0.6) is 5.75 Å². The van der Waals surface area contributed by atoms with Crippen LogP contribution in [0.4, 0.5) is 0 Å². The molecular weight excluding hydrogens is 344 g/mol. The summed E-state index contributed by atoms with van der Waals surface area (Å²) in [6.07, 6.45) is 1.88. The maximum atomic E-state index is 12.2. The van der Waals surface area contributed by atoms with Crippen molar-refractivity contribution in [1.82, 2.24) is 10.2 Å². The molecule has 27 heavy (non-hydrogen) atoms. The molecule has 2 amide bonds. The number of hydrogen-bond acceptors (Lipinski definition) is 4. The van der Waals surface area contributed by atoms with E-state index in [1.54, 1.807) is 24.3 Å². The molecule has 1 heterocycles. The van der Waals surface area contributed by atoms with Gasteiger partial charge in [-0.25, -0.2) is 0 Å². The number of nitrogens with one attached hydrogen (secondary N) is 1. The van der Waals surface area contributed by atoms with Gasteiger partial charge in [-0.05, 0) is 44.0 Å². The molecule has 148 valence electrons. The number of nitrogens with zero attached hydrogens (tertiary/aromatic N) is 1. The number of ether oxygens (including phenoxy) is 1. The summed E-state index contributed by atoms with van der Waals surface area (Å²) < 4.78 is 5.36. The number of likely N-dealkylation sites (tertiary alicyclic amines) is 1. The zero-order valence-electron chi connectivity index (χ0n) is 16.5. The lowest BCUT2D eigenvalue weighted by Crippen LogP contribution is -2.47. The molecule has 0 unspecified atom stereocenters. The minimum atomic E-state index is -0.108. The second-order valence-electron chi connectivity index (χ2n) is 7.20. The zero-order valence-corrected chi connectivity index (χ0v) is 16.5. The molecule has 1 saturated heterocycles. The summed E-state index contributed by atoms with van der Waals surface area (Å²) in [5.74, 6) is 0.744. The minimum absolute atomic E-state index is 0.00440. The standard InChI is InChI=1S/C21H30N2O4/c1-4-27-18-7-5-16(6-8-18)19(24)9-10-20(25)22-17-11-13-23(14-12-17)21(26)15(2)3/h5-8,15,17H,4,9-14H2,1-3H3,(H,22,25). The second-order valence-corrected chi connectivity index (χ2v) is 7.20. The van der Waals surface area contributed by atoms with Crippen LogP contribution in [0, 0.1) is 5.92 Å². The van der Waals surface area contributed by atoms with E-state index in [4.69, 9.17) is 4.74 Å². The van der Waals surface area contributed by atoms with E-state index in [9.17, 15) is 14.4 Å². The predicted octanol–water partition coefficient (Wildman–Crippen LogP) is 2.81. The van der Waals surface area contributed by atoms with Gasteiger partial charge in [-0.15, -0.1) is 0 Å². The van der Waals surface area contributed by atoms with Gasteiger partial charge in [0.25, 0.3) is 0 Å². The average Bonchev–Trinajstić information content (AvgIpc) is 2.67. The van der Waals surface area contributed by atoms with Crippen LogP contribution in [0.1, 0.15) is 56.8 Å². The lowest BCUT2D eigenvalue weighted by molar-refractivity contribution is -0.135. The number of ketones is 1. The molecule has 1 N–H and O–H groups in total. The smallest absolute Gasteiger partial charge is 0.225 e. The summed E-state index contributed by atoms with van der Waals surface area (Å²) in [7, 11) is 0. The quantitative estimate of drug-likeness (QED) is 0.710. The molecule has 1 aliphatic heterocycles. The normalized spacial score (nSPS) is 14.9. The van der Waals surface area contributed by atoms with Crippen molar-refractivity contribution in [2.45, 2.75) is 52.5 Å². The highest BCUT2D eigenvalue weighted by atomic mass is 16.5. The van der Waals surface area contributed by atoms with Gasteiger partial charge in [0.1, 0.15) is 5.75 Å². The van der Waals surface area contributed by atoms with Gasteiger partial charge in [-0.2, -0.15) is 0 Å². The van der Waals surface area contributed by atoms with Crippen molar-refractivity contribution >= 4 is 17.6 Å². The molecule has 1 aromatic carbocycles. The number of hydrogen-bond donors (Lipinski definition) is 1. The molecule has 1 aliphatic rings. The van der Waals surface area contributed by atoms with Crippen molar-refractivity contribution in [3.8, 4) is 5.75 Å². The van der Waals surface area contributed by atoms with Gasteiger partial charge in [-0.3, -0.25) is 14.4 Å². The van der Waals surface area contributed by atoms with Crippen molar-refractivity contribution in [3.63, 3.8) is 0 Å². The number of amides is 2. The predicted molar refractivity (Wildman–Crippen MR) is 104 cm³/mol. The van der Waals surface area contributed by atoms with Crippen LogP contribution in [-0.2, 0) is 9.59 Å². The molecule has 0 bridgehead atoms. The van der Waals surface area contributed by atoms with Crippen molar-refractivity contribution < 1.29 is 19.1 Å². The summed E-state index contributed by atoms with van der Waals surface area (Å²) in [4.78, 5) is 38.2. The summed E-state index contributed by atoms with van der Waals surface area (Å²) in [5, 5.41) is 2.99. The van der Waals surface area contributed by atoms with Crippen LogP contribution in [-0.4, -0.2) is 48.2 Å². The Kier molecular flexibility index (Phi) is 7.82. The molecule has 0 atom stereocenters. The summed E-state index contributed by atoms with van der Waals surface area (Å²) in [5.41, 5.74) is 0.590. The van der Waals surface area contributed by atoms with Crippen molar-refractivity contribution in [2.24, 2.45) is 5.92 Å². The van der Waals surface area contributed by atoms with E-state index in [-0.39, 0.29) is 42.4 Å². The Morgan fingerprint density at radius 1 is 1.11 bits per heavy atom. The fourth-order valence-corrected chi connectivity index (χ4v) is 3.18. The first-order valence-electron chi connectivity index (χ1n) is 9.75. The molecule has 6 heteroatoms. The van der Waals surface area contributed by atoms with E-state index >= 15 is 0 Å². The van der Waals surface area contributed by atoms with E-state index in [1.807, 2.05) is 25.7 Å². The Bertz CT molecular complexity index is 647. The lowest BCUT2D eigenvalue weighted by atomic mass is 10.0. The van der Waals surface area contributed by atoms with Crippen LogP contribution in [0.3, 0.4) is 0 Å². The first-order valence-corrected chi connectivity index (χ1v) is 9.75. The largest absolute Gasteiger partial charge is 0.494 e. The topological polar surface area (TPSA) is 75.7 Å². The van der Waals surface area contributed by atoms with Crippen LogP contribution in [0.15, 0.2) is 24.3 Å². The minimum Gasteiger partial charge on any atom is -0.494 e. The van der Waals surface area contributed by atoms with Gasteiger partial charge < -0.3 is 15.0 Å². The third-order valence-electron chi connectivity index (χ3n) is 4.73. The fourth-order valence-electron chi connectivity index (χ4n) is 3.18. The van der Waals surface area contributed by atoms with Crippen LogP contribution in [0.2, 0.25) is 0 Å². The molecule has 0 spiro atoms. The first kappa shape index (κ1) is 20.9. The van der Waals surface area contributed by atoms with E-state index in [0.29, 0.717) is 25.3 Å². The van der Waals surface area contributed by atoms with E-state index in [0.717, 1.165) is 18.6 Å². The van der Waals surface area contributed by atoms with Crippen molar-refractivity contribution in [3.05, 3.63) is 29.8 Å². The molecule has 6 nitrogen and oxygen atoms in total. The number of benzene rings is 1. The molecule has 0 aromatic heterocycles. The fraction of sp³-hybridized carbons (Fsp3) is 0.571. The molecule has 0 aliphatic carbocycles. The summed E-state index contributed by atoms with van der Waals surface area (Å²) >= 11 is 0. The van der Waals surface area contributed by atoms with Crippen molar-refractivity contribution in [2.75, 3.05) is 19.7 Å². The average molecular weight is 374 g/mol. The number of rotatable bonds is 8. The SMILES string of the molecule is CCOc1ccc(C(=O)CCC(=O)NC2CCN(C(=O)C(C)C)CC2)cc1. The van der Waals surface area contributed by atoms with Gasteiger partial charge in [0.05, 0.1) is 6.61 Å². The van der Waals surface area contributed by atoms with Gasteiger partial charge in [0.2, 0.25) is 11.8 Å². The van der Waals surface area contributed by atoms with E-state index in [2.05, 4.69) is 5.32 Å². The highest BCUT2D eigenvalue weighted by Crippen LogP contribution is 2.15. The second kappa shape index (κ2) is 10.1. The highest BCUT2D eigenvalue weighted by molar-refractivity contribution is 5.98. The highest BCUT2D eigenvalue weighted by Gasteiger charge is 2.25. The molecule has 1 fully saturated rings. The maximum Gasteiger partial charge on any atom is 0.225 e. The van der Waals surface area contributed by atoms with Gasteiger partial charge in [-0.1, -0.05) is 13.8 Å². The lowest BCUT2D eigenvalue weighted by Gasteiger charge is -2.33. The summed E-state index contributed by atoms with van der Waals surface area (Å²) in [6.45, 7) is 7.64. The molecule has 0 saturated carbocycles. The van der Waals surface area contributed by atoms with E-state index in [1.165, 1.54) is 0 Å². The van der Waals surface area contributed by atoms with Crippen LogP contribution in [0.25, 0.3) is 0 Å². The van der Waals surface area contributed by atoms with Gasteiger partial charge in [0.15, 0.2) is 5.78 Å². The third-order valence-corrected chi connectivity index (χ3v) is 4.73. The summed E-state index contributed by atoms with van der Waals surface area (Å²) in [6, 6.07) is 7.07. The van der Waals surface area contributed by atoms with E-state index < -0.39 is 0 Å². The number of Topliss-reactive ketones (excluding diaryl/α,β-unsaturated/α-hetero) is 1. The molecule has 1 aromatic rings. The monoisotopic (exact) mass is 374 g/mol. The van der Waals surface area contributed by atoms with Crippen molar-refractivity contribution in [1.29, 1.82) is 0 Å². The zero-order chi connectivity index (χ0) is 19.8. The molecular formula is C21H30N2O4. The maximum absolute atomic E-state index is 12.2. The Balaban J connectivity index is 1.72. The Morgan fingerprint density at radius 2 is 1.74 bits per heavy atom. The number of piperidine rings is 1. The van der Waals surface area contributed by atoms with Gasteiger partial charge in [0, 0.05) is 43.5 Å². The van der Waals surface area contributed by atoms with Gasteiger partial charge >= 0.3 is 0 Å².